The first-order valence-electron chi connectivity index (χ1n) is 7.23. The van der Waals surface area contributed by atoms with E-state index >= 15 is 0 Å². The highest BCUT2D eigenvalue weighted by molar-refractivity contribution is 6.40. The van der Waals surface area contributed by atoms with Crippen LogP contribution in [0.3, 0.4) is 0 Å². The van der Waals surface area contributed by atoms with Gasteiger partial charge in [0, 0.05) is 0 Å². The molecule has 0 heterocycles. The molecule has 0 N–H and O–H groups in total. The molecule has 0 saturated heterocycles. The van der Waals surface area contributed by atoms with Gasteiger partial charge < -0.3 is 0 Å². The standard InChI is InChI=1S/C14H22B/c1-3-11-5-9(1)7-13(11)15-14-8-10-2-4-12(14)6-10/h9-14H,1-8H2/t9-,10-,11+,12+,13+,14+/m1/s1. The Kier molecular flexibility index (Phi) is 2.00. The molecule has 4 bridgehead atoms. The van der Waals surface area contributed by atoms with Gasteiger partial charge in [0.25, 0.3) is 0 Å². The fraction of sp³-hybridized carbons (Fsp3) is 1.00. The second-order valence-electron chi connectivity index (χ2n) is 6.87. The Hall–Kier alpha value is 0.0649. The van der Waals surface area contributed by atoms with Gasteiger partial charge in [-0.15, -0.1) is 0 Å². The molecular formula is C14H22B. The van der Waals surface area contributed by atoms with E-state index in [0.29, 0.717) is 0 Å². The van der Waals surface area contributed by atoms with E-state index in [9.17, 15) is 0 Å². The van der Waals surface area contributed by atoms with Crippen molar-refractivity contribution in [3.8, 4) is 0 Å². The molecule has 4 aliphatic rings. The Morgan fingerprint density at radius 3 is 1.47 bits per heavy atom. The molecule has 0 spiro atoms. The van der Waals surface area contributed by atoms with Crippen LogP contribution < -0.4 is 0 Å². The smallest absolute Gasteiger partial charge is 0.0655 e. The maximum Gasteiger partial charge on any atom is 0.118 e. The first kappa shape index (κ1) is 9.13. The SMILES string of the molecule is [B]([C@H]1C[C@@H]2CC[C@H]1C2)[C@H]1C[C@@H]2CC[C@H]1C2. The van der Waals surface area contributed by atoms with Crippen molar-refractivity contribution in [1.29, 1.82) is 0 Å². The normalized spacial score (nSPS) is 56.5. The Balaban J connectivity index is 1.40. The average molecular weight is 201 g/mol. The first-order valence-corrected chi connectivity index (χ1v) is 7.23. The monoisotopic (exact) mass is 201 g/mol. The molecular weight excluding hydrogens is 179 g/mol. The Morgan fingerprint density at radius 2 is 1.13 bits per heavy atom. The van der Waals surface area contributed by atoms with E-state index in [0.717, 1.165) is 35.3 Å². The molecule has 6 atom stereocenters. The fourth-order valence-corrected chi connectivity index (χ4v) is 5.38. The van der Waals surface area contributed by atoms with Crippen molar-refractivity contribution in [3.63, 3.8) is 0 Å². The van der Waals surface area contributed by atoms with Crippen LogP contribution in [0.25, 0.3) is 0 Å². The van der Waals surface area contributed by atoms with Crippen molar-refractivity contribution in [2.75, 3.05) is 0 Å². The first-order chi connectivity index (χ1) is 7.38. The number of rotatable bonds is 2. The minimum absolute atomic E-state index is 1.05. The number of hydrogen-bond donors (Lipinski definition) is 0. The van der Waals surface area contributed by atoms with Gasteiger partial charge in [-0.2, -0.15) is 0 Å². The Labute approximate surface area is 94.4 Å². The van der Waals surface area contributed by atoms with E-state index < -0.39 is 0 Å². The van der Waals surface area contributed by atoms with Gasteiger partial charge in [0.1, 0.15) is 7.28 Å². The van der Waals surface area contributed by atoms with Crippen LogP contribution in [0.4, 0.5) is 0 Å². The van der Waals surface area contributed by atoms with Gasteiger partial charge in [0.15, 0.2) is 0 Å². The molecule has 0 nitrogen and oxygen atoms in total. The summed E-state index contributed by atoms with van der Waals surface area (Å²) in [4.78, 5) is 0. The highest BCUT2D eigenvalue weighted by atomic mass is 14.4. The number of fused-ring (bicyclic) bond motifs is 4. The molecule has 81 valence electrons. The van der Waals surface area contributed by atoms with Crippen LogP contribution in [0.15, 0.2) is 0 Å². The van der Waals surface area contributed by atoms with Gasteiger partial charge in [-0.05, 0) is 36.5 Å². The lowest BCUT2D eigenvalue weighted by molar-refractivity contribution is 0.446. The Morgan fingerprint density at radius 1 is 0.600 bits per heavy atom. The molecule has 1 heteroatoms. The summed E-state index contributed by atoms with van der Waals surface area (Å²) in [6.45, 7) is 0. The summed E-state index contributed by atoms with van der Waals surface area (Å²) in [5, 5.41) is 0. The maximum absolute atomic E-state index is 2.84. The second kappa shape index (κ2) is 3.28. The summed E-state index contributed by atoms with van der Waals surface area (Å²) in [5.74, 6) is 6.61. The van der Waals surface area contributed by atoms with Crippen LogP contribution in [-0.4, -0.2) is 7.28 Å². The van der Waals surface area contributed by atoms with Crippen LogP contribution in [0.2, 0.25) is 11.6 Å². The molecule has 15 heavy (non-hydrogen) atoms. The topological polar surface area (TPSA) is 0 Å². The zero-order valence-corrected chi connectivity index (χ0v) is 9.70. The van der Waals surface area contributed by atoms with Crippen LogP contribution in [0.5, 0.6) is 0 Å². The summed E-state index contributed by atoms with van der Waals surface area (Å²) in [6.07, 6.45) is 12.6. The molecule has 4 fully saturated rings. The average Bonchev–Trinajstić information content (AvgIpc) is 2.96. The summed E-state index contributed by atoms with van der Waals surface area (Å²) in [6, 6.07) is 0. The van der Waals surface area contributed by atoms with E-state index in [1.54, 1.807) is 51.4 Å². The van der Waals surface area contributed by atoms with Gasteiger partial charge in [0.05, 0.1) is 0 Å². The van der Waals surface area contributed by atoms with Crippen LogP contribution in [0.1, 0.15) is 51.4 Å². The number of hydrogen-bond acceptors (Lipinski definition) is 0. The van der Waals surface area contributed by atoms with Gasteiger partial charge in [-0.25, -0.2) is 0 Å². The van der Waals surface area contributed by atoms with Crippen molar-refractivity contribution in [1.82, 2.24) is 0 Å². The molecule has 4 aliphatic carbocycles. The molecule has 0 unspecified atom stereocenters. The lowest BCUT2D eigenvalue weighted by atomic mass is 9.47. The van der Waals surface area contributed by atoms with Crippen molar-refractivity contribution < 1.29 is 0 Å². The minimum atomic E-state index is 1.05. The Bertz CT molecular complexity index is 236. The lowest BCUT2D eigenvalue weighted by Gasteiger charge is -2.28. The fourth-order valence-electron chi connectivity index (χ4n) is 5.38. The third-order valence-electron chi connectivity index (χ3n) is 6.08. The third kappa shape index (κ3) is 1.41. The van der Waals surface area contributed by atoms with Gasteiger partial charge >= 0.3 is 0 Å². The summed E-state index contributed by atoms with van der Waals surface area (Å²) in [5.41, 5.74) is 0. The van der Waals surface area contributed by atoms with Gasteiger partial charge in [-0.3, -0.25) is 0 Å². The largest absolute Gasteiger partial charge is 0.118 e. The highest BCUT2D eigenvalue weighted by Crippen LogP contribution is 2.57. The van der Waals surface area contributed by atoms with E-state index in [-0.39, 0.29) is 0 Å². The predicted molar refractivity (Wildman–Crippen MR) is 64.2 cm³/mol. The zero-order valence-electron chi connectivity index (χ0n) is 9.70. The summed E-state index contributed by atoms with van der Waals surface area (Å²) < 4.78 is 0. The van der Waals surface area contributed by atoms with Gasteiger partial charge in [-0.1, -0.05) is 50.2 Å². The third-order valence-corrected chi connectivity index (χ3v) is 6.08. The lowest BCUT2D eigenvalue weighted by Crippen LogP contribution is -2.20. The molecule has 1 radical (unpaired) electrons. The maximum atomic E-state index is 2.84. The minimum Gasteiger partial charge on any atom is -0.0655 e. The van der Waals surface area contributed by atoms with Crippen molar-refractivity contribution >= 4 is 7.28 Å². The quantitative estimate of drug-likeness (QED) is 0.594. The van der Waals surface area contributed by atoms with Crippen LogP contribution in [-0.2, 0) is 0 Å². The summed E-state index contributed by atoms with van der Waals surface area (Å²) in [7, 11) is 2.84. The molecule has 4 rings (SSSR count). The molecule has 4 saturated carbocycles. The highest BCUT2D eigenvalue weighted by Gasteiger charge is 2.45. The second-order valence-corrected chi connectivity index (χ2v) is 6.87. The van der Waals surface area contributed by atoms with E-state index in [4.69, 9.17) is 0 Å². The molecule has 0 aromatic rings. The molecule has 0 amide bonds. The van der Waals surface area contributed by atoms with Crippen LogP contribution >= 0.6 is 0 Å². The van der Waals surface area contributed by atoms with E-state index in [2.05, 4.69) is 7.28 Å². The van der Waals surface area contributed by atoms with Crippen molar-refractivity contribution in [2.24, 2.45) is 23.7 Å². The zero-order chi connectivity index (χ0) is 9.83. The predicted octanol–water partition coefficient (Wildman–Crippen LogP) is 3.91. The van der Waals surface area contributed by atoms with Crippen molar-refractivity contribution in [3.05, 3.63) is 0 Å². The van der Waals surface area contributed by atoms with Crippen LogP contribution in [0, 0.1) is 23.7 Å². The molecule has 0 aliphatic heterocycles. The van der Waals surface area contributed by atoms with Gasteiger partial charge in [0.2, 0.25) is 0 Å². The molecule has 0 aromatic heterocycles. The van der Waals surface area contributed by atoms with Crippen molar-refractivity contribution in [2.45, 2.75) is 63.0 Å². The molecule has 0 aromatic carbocycles. The van der Waals surface area contributed by atoms with E-state index in [1.807, 2.05) is 0 Å². The summed E-state index contributed by atoms with van der Waals surface area (Å²) >= 11 is 0. The van der Waals surface area contributed by atoms with E-state index in [1.165, 1.54) is 0 Å².